The molecule has 0 aliphatic heterocycles. The molecule has 0 N–H and O–H groups in total. The zero-order valence-corrected chi connectivity index (χ0v) is 5.06. The minimum absolute atomic E-state index is 0.158. The molecule has 9 heavy (non-hydrogen) atoms. The van der Waals surface area contributed by atoms with Crippen molar-refractivity contribution >= 4 is 5.97 Å². The van der Waals surface area contributed by atoms with Crippen LogP contribution in [0.1, 0.15) is 13.3 Å². The summed E-state index contributed by atoms with van der Waals surface area (Å²) >= 11 is 0. The van der Waals surface area contributed by atoms with Gasteiger partial charge in [0, 0.05) is 0 Å². The number of ether oxygens (including phenoxy) is 1. The lowest BCUT2D eigenvalue weighted by Gasteiger charge is -1.98. The monoisotopic (exact) mass is 138 g/mol. The van der Waals surface area contributed by atoms with Crippen molar-refractivity contribution in [3.8, 4) is 0 Å². The molecule has 0 amide bonds. The maximum absolute atomic E-state index is 11.3. The number of hydrogen-bond donors (Lipinski definition) is 0. The molecule has 0 rings (SSSR count). The highest BCUT2D eigenvalue weighted by molar-refractivity contribution is 5.69. The summed E-state index contributed by atoms with van der Waals surface area (Å²) in [5.41, 5.74) is 0. The molecular formula is C5H8F2O2. The number of esters is 1. The van der Waals surface area contributed by atoms with Crippen LogP contribution in [0.25, 0.3) is 0 Å². The van der Waals surface area contributed by atoms with E-state index in [-0.39, 0.29) is 6.61 Å². The third-order valence-electron chi connectivity index (χ3n) is 0.626. The standard InChI is InChI=1S/C5H8F2O2/c1-2-9-5(8)3-4(6)7/h4H,2-3H2,1H3. The van der Waals surface area contributed by atoms with Gasteiger partial charge in [0.15, 0.2) is 0 Å². The zero-order valence-electron chi connectivity index (χ0n) is 5.06. The summed E-state index contributed by atoms with van der Waals surface area (Å²) in [5, 5.41) is 0. The maximum Gasteiger partial charge on any atom is 0.311 e. The first kappa shape index (κ1) is 8.33. The van der Waals surface area contributed by atoms with Crippen molar-refractivity contribution in [2.75, 3.05) is 6.61 Å². The molecular weight excluding hydrogens is 130 g/mol. The van der Waals surface area contributed by atoms with Crippen LogP contribution in [0.4, 0.5) is 8.78 Å². The van der Waals surface area contributed by atoms with Crippen molar-refractivity contribution in [2.45, 2.75) is 19.8 Å². The smallest absolute Gasteiger partial charge is 0.311 e. The van der Waals surface area contributed by atoms with Gasteiger partial charge in [-0.2, -0.15) is 0 Å². The lowest BCUT2D eigenvalue weighted by Crippen LogP contribution is -2.08. The topological polar surface area (TPSA) is 26.3 Å². The van der Waals surface area contributed by atoms with Crippen LogP contribution in [-0.4, -0.2) is 19.0 Å². The molecule has 0 atom stereocenters. The van der Waals surface area contributed by atoms with Gasteiger partial charge in [-0.15, -0.1) is 0 Å². The average Bonchev–Trinajstić information content (AvgIpc) is 1.63. The first-order valence-corrected chi connectivity index (χ1v) is 2.60. The third kappa shape index (κ3) is 5.20. The third-order valence-corrected chi connectivity index (χ3v) is 0.626. The Hall–Kier alpha value is -0.670. The summed E-state index contributed by atoms with van der Waals surface area (Å²) in [6, 6.07) is 0. The van der Waals surface area contributed by atoms with E-state index in [9.17, 15) is 13.6 Å². The summed E-state index contributed by atoms with van der Waals surface area (Å²) < 4.78 is 26.8. The van der Waals surface area contributed by atoms with Crippen molar-refractivity contribution in [3.63, 3.8) is 0 Å². The molecule has 0 aromatic rings. The van der Waals surface area contributed by atoms with Crippen LogP contribution in [-0.2, 0) is 9.53 Å². The Kier molecular flexibility index (Phi) is 3.92. The summed E-state index contributed by atoms with van der Waals surface area (Å²) in [5.74, 6) is -0.840. The Labute approximate surface area is 51.8 Å². The molecule has 0 aliphatic carbocycles. The summed E-state index contributed by atoms with van der Waals surface area (Å²) in [7, 11) is 0. The molecule has 0 saturated carbocycles. The van der Waals surface area contributed by atoms with Gasteiger partial charge in [-0.1, -0.05) is 0 Å². The van der Waals surface area contributed by atoms with Crippen molar-refractivity contribution in [3.05, 3.63) is 0 Å². The largest absolute Gasteiger partial charge is 0.466 e. The molecule has 54 valence electrons. The van der Waals surface area contributed by atoms with Crippen molar-refractivity contribution in [2.24, 2.45) is 0 Å². The number of halogens is 2. The van der Waals surface area contributed by atoms with E-state index < -0.39 is 18.8 Å². The Bertz CT molecular complexity index is 93.0. The van der Waals surface area contributed by atoms with Gasteiger partial charge in [-0.3, -0.25) is 4.79 Å². The normalized spacial score (nSPS) is 9.78. The molecule has 0 radical (unpaired) electrons. The second kappa shape index (κ2) is 4.23. The molecule has 0 heterocycles. The lowest BCUT2D eigenvalue weighted by atomic mass is 10.5. The van der Waals surface area contributed by atoms with Gasteiger partial charge in [0.05, 0.1) is 6.61 Å². The predicted molar refractivity (Wildman–Crippen MR) is 27.3 cm³/mol. The fourth-order valence-electron chi connectivity index (χ4n) is 0.346. The molecule has 0 fully saturated rings. The lowest BCUT2D eigenvalue weighted by molar-refractivity contribution is -0.145. The Morgan fingerprint density at radius 1 is 1.67 bits per heavy atom. The number of hydrogen-bond acceptors (Lipinski definition) is 2. The minimum atomic E-state index is -2.59. The average molecular weight is 138 g/mol. The summed E-state index contributed by atoms with van der Waals surface area (Å²) in [4.78, 5) is 10.2. The first-order valence-electron chi connectivity index (χ1n) is 2.60. The van der Waals surface area contributed by atoms with E-state index in [4.69, 9.17) is 0 Å². The molecule has 2 nitrogen and oxygen atoms in total. The molecule has 4 heteroatoms. The van der Waals surface area contributed by atoms with E-state index in [1.807, 2.05) is 0 Å². The van der Waals surface area contributed by atoms with Gasteiger partial charge < -0.3 is 4.74 Å². The number of carbonyl (C=O) groups excluding carboxylic acids is 1. The van der Waals surface area contributed by atoms with Crippen LogP contribution in [0.15, 0.2) is 0 Å². The van der Waals surface area contributed by atoms with E-state index in [0.717, 1.165) is 0 Å². The Morgan fingerprint density at radius 2 is 2.22 bits per heavy atom. The van der Waals surface area contributed by atoms with Crippen LogP contribution < -0.4 is 0 Å². The Morgan fingerprint density at radius 3 is 2.56 bits per heavy atom. The molecule has 0 saturated heterocycles. The fraction of sp³-hybridized carbons (Fsp3) is 0.800. The van der Waals surface area contributed by atoms with E-state index in [0.29, 0.717) is 0 Å². The Balaban J connectivity index is 3.27. The van der Waals surface area contributed by atoms with Gasteiger partial charge in [-0.05, 0) is 6.92 Å². The quantitative estimate of drug-likeness (QED) is 0.548. The highest BCUT2D eigenvalue weighted by Crippen LogP contribution is 1.99. The van der Waals surface area contributed by atoms with Gasteiger partial charge in [-0.25, -0.2) is 8.78 Å². The van der Waals surface area contributed by atoms with E-state index in [1.54, 1.807) is 6.92 Å². The predicted octanol–water partition coefficient (Wildman–Crippen LogP) is 1.20. The second-order valence-electron chi connectivity index (χ2n) is 1.40. The summed E-state index contributed by atoms with van der Waals surface area (Å²) in [6.07, 6.45) is -3.39. The van der Waals surface area contributed by atoms with Crippen LogP contribution >= 0.6 is 0 Å². The zero-order chi connectivity index (χ0) is 7.28. The summed E-state index contributed by atoms with van der Waals surface area (Å²) in [6.45, 7) is 1.73. The molecule has 0 aromatic heterocycles. The van der Waals surface area contributed by atoms with Crippen molar-refractivity contribution in [1.29, 1.82) is 0 Å². The van der Waals surface area contributed by atoms with E-state index in [1.165, 1.54) is 0 Å². The molecule has 0 bridgehead atoms. The SMILES string of the molecule is CCOC(=O)CC(F)F. The van der Waals surface area contributed by atoms with Crippen LogP contribution in [0.3, 0.4) is 0 Å². The maximum atomic E-state index is 11.3. The molecule has 0 aliphatic rings. The highest BCUT2D eigenvalue weighted by atomic mass is 19.3. The van der Waals surface area contributed by atoms with E-state index >= 15 is 0 Å². The number of alkyl halides is 2. The minimum Gasteiger partial charge on any atom is -0.466 e. The van der Waals surface area contributed by atoms with Gasteiger partial charge in [0.2, 0.25) is 6.43 Å². The van der Waals surface area contributed by atoms with E-state index in [2.05, 4.69) is 4.74 Å². The van der Waals surface area contributed by atoms with Crippen LogP contribution in [0.2, 0.25) is 0 Å². The van der Waals surface area contributed by atoms with Crippen LogP contribution in [0, 0.1) is 0 Å². The van der Waals surface area contributed by atoms with Crippen molar-refractivity contribution in [1.82, 2.24) is 0 Å². The number of rotatable bonds is 3. The van der Waals surface area contributed by atoms with Crippen LogP contribution in [0.5, 0.6) is 0 Å². The van der Waals surface area contributed by atoms with Gasteiger partial charge >= 0.3 is 5.97 Å². The van der Waals surface area contributed by atoms with Gasteiger partial charge in [0.1, 0.15) is 6.42 Å². The molecule has 0 unspecified atom stereocenters. The number of carbonyl (C=O) groups is 1. The van der Waals surface area contributed by atoms with Crippen molar-refractivity contribution < 1.29 is 18.3 Å². The molecule has 0 spiro atoms. The second-order valence-corrected chi connectivity index (χ2v) is 1.40. The fourth-order valence-corrected chi connectivity index (χ4v) is 0.346. The first-order chi connectivity index (χ1) is 4.16. The molecule has 0 aromatic carbocycles. The van der Waals surface area contributed by atoms with Gasteiger partial charge in [0.25, 0.3) is 0 Å². The highest BCUT2D eigenvalue weighted by Gasteiger charge is 2.10.